The third kappa shape index (κ3) is 5.48. The lowest BCUT2D eigenvalue weighted by Crippen LogP contribution is -2.37. The Morgan fingerprint density at radius 2 is 2.00 bits per heavy atom. The van der Waals surface area contributed by atoms with Crippen LogP contribution < -0.4 is 4.74 Å². The van der Waals surface area contributed by atoms with Crippen molar-refractivity contribution in [2.75, 3.05) is 26.7 Å². The third-order valence-electron chi connectivity index (χ3n) is 4.66. The molecule has 2 N–H and O–H groups in total. The molecule has 1 saturated carbocycles. The van der Waals surface area contributed by atoms with Crippen molar-refractivity contribution in [1.29, 1.82) is 0 Å². The SMILES string of the molecule is CC(C)c1ccccc1OCC(O)CN(C)CC1CCCC1O. The fraction of sp³-hybridized carbons (Fsp3) is 0.684. The predicted octanol–water partition coefficient (Wildman–Crippen LogP) is 2.64. The quantitative estimate of drug-likeness (QED) is 0.773. The highest BCUT2D eigenvalue weighted by Gasteiger charge is 2.26. The zero-order valence-corrected chi connectivity index (χ0v) is 14.6. The van der Waals surface area contributed by atoms with E-state index in [1.165, 1.54) is 5.56 Å². The Morgan fingerprint density at radius 3 is 2.65 bits per heavy atom. The van der Waals surface area contributed by atoms with E-state index in [-0.39, 0.29) is 6.10 Å². The highest BCUT2D eigenvalue weighted by Crippen LogP contribution is 2.27. The van der Waals surface area contributed by atoms with Crippen LogP contribution in [0.4, 0.5) is 0 Å². The van der Waals surface area contributed by atoms with E-state index in [2.05, 4.69) is 24.8 Å². The molecule has 0 amide bonds. The molecular weight excluding hydrogens is 290 g/mol. The smallest absolute Gasteiger partial charge is 0.122 e. The maximum atomic E-state index is 10.2. The lowest BCUT2D eigenvalue weighted by Gasteiger charge is -2.25. The topological polar surface area (TPSA) is 52.9 Å². The number of benzene rings is 1. The number of aliphatic hydroxyl groups excluding tert-OH is 2. The molecule has 1 aromatic rings. The molecule has 130 valence electrons. The Labute approximate surface area is 140 Å². The number of hydrogen-bond acceptors (Lipinski definition) is 4. The number of hydrogen-bond donors (Lipinski definition) is 2. The van der Waals surface area contributed by atoms with Gasteiger partial charge in [0, 0.05) is 13.1 Å². The van der Waals surface area contributed by atoms with Crippen LogP contribution in [0, 0.1) is 5.92 Å². The van der Waals surface area contributed by atoms with E-state index in [0.29, 0.717) is 25.0 Å². The average Bonchev–Trinajstić information content (AvgIpc) is 2.90. The molecule has 0 saturated heterocycles. The van der Waals surface area contributed by atoms with Gasteiger partial charge in [0.1, 0.15) is 18.5 Å². The van der Waals surface area contributed by atoms with Crippen LogP contribution in [0.5, 0.6) is 5.75 Å². The van der Waals surface area contributed by atoms with Gasteiger partial charge in [-0.1, -0.05) is 38.5 Å². The minimum absolute atomic E-state index is 0.177. The van der Waals surface area contributed by atoms with Gasteiger partial charge in [-0.3, -0.25) is 0 Å². The predicted molar refractivity (Wildman–Crippen MR) is 92.9 cm³/mol. The van der Waals surface area contributed by atoms with Gasteiger partial charge in [0.25, 0.3) is 0 Å². The van der Waals surface area contributed by atoms with Crippen molar-refractivity contribution in [2.45, 2.75) is 51.2 Å². The molecule has 0 radical (unpaired) electrons. The summed E-state index contributed by atoms with van der Waals surface area (Å²) >= 11 is 0. The molecule has 3 atom stereocenters. The molecule has 3 unspecified atom stereocenters. The standard InChI is InChI=1S/C19H31NO3/c1-14(2)17-8-4-5-10-19(17)23-13-16(21)12-20(3)11-15-7-6-9-18(15)22/h4-5,8,10,14-16,18,21-22H,6-7,9,11-13H2,1-3H3. The van der Waals surface area contributed by atoms with E-state index >= 15 is 0 Å². The number of nitrogens with zero attached hydrogens (tertiary/aromatic N) is 1. The molecule has 1 aliphatic carbocycles. The third-order valence-corrected chi connectivity index (χ3v) is 4.66. The first-order valence-corrected chi connectivity index (χ1v) is 8.73. The number of likely N-dealkylation sites (N-methyl/N-ethyl adjacent to an activating group) is 1. The fourth-order valence-electron chi connectivity index (χ4n) is 3.39. The second kappa shape index (κ2) is 8.67. The summed E-state index contributed by atoms with van der Waals surface area (Å²) in [6.07, 6.45) is 2.40. The van der Waals surface area contributed by atoms with Gasteiger partial charge in [0.15, 0.2) is 0 Å². The first kappa shape index (κ1) is 18.2. The van der Waals surface area contributed by atoms with E-state index in [1.807, 2.05) is 25.2 Å². The molecule has 0 aromatic heterocycles. The maximum Gasteiger partial charge on any atom is 0.122 e. The largest absolute Gasteiger partial charge is 0.491 e. The number of para-hydroxylation sites is 1. The second-order valence-corrected chi connectivity index (χ2v) is 7.14. The van der Waals surface area contributed by atoms with Crippen molar-refractivity contribution in [2.24, 2.45) is 5.92 Å². The van der Waals surface area contributed by atoms with Gasteiger partial charge in [-0.25, -0.2) is 0 Å². The first-order valence-electron chi connectivity index (χ1n) is 8.73. The average molecular weight is 321 g/mol. The molecule has 0 spiro atoms. The summed E-state index contributed by atoms with van der Waals surface area (Å²) in [4.78, 5) is 2.10. The van der Waals surface area contributed by atoms with Crippen LogP contribution >= 0.6 is 0 Å². The van der Waals surface area contributed by atoms with Gasteiger partial charge in [0.05, 0.1) is 6.10 Å². The van der Waals surface area contributed by atoms with Crippen molar-refractivity contribution in [3.63, 3.8) is 0 Å². The minimum atomic E-state index is -0.529. The monoisotopic (exact) mass is 321 g/mol. The zero-order valence-electron chi connectivity index (χ0n) is 14.6. The normalized spacial score (nSPS) is 22.7. The van der Waals surface area contributed by atoms with E-state index < -0.39 is 6.10 Å². The van der Waals surface area contributed by atoms with Crippen molar-refractivity contribution in [3.05, 3.63) is 29.8 Å². The molecule has 4 heteroatoms. The Morgan fingerprint density at radius 1 is 1.26 bits per heavy atom. The second-order valence-electron chi connectivity index (χ2n) is 7.14. The molecule has 0 aliphatic heterocycles. The van der Waals surface area contributed by atoms with Crippen molar-refractivity contribution in [3.8, 4) is 5.75 Å². The zero-order chi connectivity index (χ0) is 16.8. The van der Waals surface area contributed by atoms with Crippen LogP contribution in [0.1, 0.15) is 44.6 Å². The molecule has 0 heterocycles. The summed E-state index contributed by atoms with van der Waals surface area (Å²) in [5, 5.41) is 20.1. The first-order chi connectivity index (χ1) is 11.0. The van der Waals surface area contributed by atoms with Crippen molar-refractivity contribution < 1.29 is 14.9 Å². The van der Waals surface area contributed by atoms with Gasteiger partial charge in [0.2, 0.25) is 0 Å². The number of rotatable bonds is 8. The Kier molecular flexibility index (Phi) is 6.88. The van der Waals surface area contributed by atoms with E-state index in [0.717, 1.165) is 31.6 Å². The molecule has 23 heavy (non-hydrogen) atoms. The summed E-state index contributed by atoms with van der Waals surface area (Å²) < 4.78 is 5.83. The molecule has 1 aliphatic rings. The van der Waals surface area contributed by atoms with E-state index in [4.69, 9.17) is 4.74 Å². The van der Waals surface area contributed by atoms with Crippen molar-refractivity contribution in [1.82, 2.24) is 4.90 Å². The highest BCUT2D eigenvalue weighted by atomic mass is 16.5. The Bertz CT molecular complexity index is 477. The van der Waals surface area contributed by atoms with E-state index in [1.54, 1.807) is 0 Å². The highest BCUT2D eigenvalue weighted by molar-refractivity contribution is 5.35. The van der Waals surface area contributed by atoms with Crippen LogP contribution in [-0.2, 0) is 0 Å². The molecule has 0 bridgehead atoms. The molecular formula is C19H31NO3. The molecule has 4 nitrogen and oxygen atoms in total. The van der Waals surface area contributed by atoms with Crippen molar-refractivity contribution >= 4 is 0 Å². The lowest BCUT2D eigenvalue weighted by atomic mass is 10.0. The van der Waals surface area contributed by atoms with Gasteiger partial charge in [-0.05, 0) is 43.4 Å². The van der Waals surface area contributed by atoms with Gasteiger partial charge in [-0.15, -0.1) is 0 Å². The summed E-state index contributed by atoms with van der Waals surface area (Å²) in [5.74, 6) is 1.60. The van der Waals surface area contributed by atoms with Crippen LogP contribution in [0.25, 0.3) is 0 Å². The summed E-state index contributed by atoms with van der Waals surface area (Å²) in [6.45, 7) is 5.97. The van der Waals surface area contributed by atoms with Crippen LogP contribution in [-0.4, -0.2) is 54.1 Å². The van der Waals surface area contributed by atoms with Crippen LogP contribution in [0.2, 0.25) is 0 Å². The maximum absolute atomic E-state index is 10.2. The Hall–Kier alpha value is -1.10. The summed E-state index contributed by atoms with van der Waals surface area (Å²) in [7, 11) is 2.00. The summed E-state index contributed by atoms with van der Waals surface area (Å²) in [6, 6.07) is 8.00. The molecule has 1 aromatic carbocycles. The van der Waals surface area contributed by atoms with Gasteiger partial charge in [-0.2, -0.15) is 0 Å². The molecule has 1 fully saturated rings. The fourth-order valence-corrected chi connectivity index (χ4v) is 3.39. The number of aliphatic hydroxyl groups is 2. The Balaban J connectivity index is 1.77. The lowest BCUT2D eigenvalue weighted by molar-refractivity contribution is 0.0575. The van der Waals surface area contributed by atoms with Crippen LogP contribution in [0.3, 0.4) is 0 Å². The number of ether oxygens (including phenoxy) is 1. The van der Waals surface area contributed by atoms with Crippen LogP contribution in [0.15, 0.2) is 24.3 Å². The van der Waals surface area contributed by atoms with Gasteiger partial charge < -0.3 is 19.8 Å². The van der Waals surface area contributed by atoms with E-state index in [9.17, 15) is 10.2 Å². The molecule has 2 rings (SSSR count). The minimum Gasteiger partial charge on any atom is -0.491 e. The summed E-state index contributed by atoms with van der Waals surface area (Å²) in [5.41, 5.74) is 1.17. The van der Waals surface area contributed by atoms with Gasteiger partial charge >= 0.3 is 0 Å².